The van der Waals surface area contributed by atoms with Gasteiger partial charge in [0.2, 0.25) is 5.16 Å². The summed E-state index contributed by atoms with van der Waals surface area (Å²) in [6.45, 7) is 0. The van der Waals surface area contributed by atoms with E-state index >= 15 is 0 Å². The van der Waals surface area contributed by atoms with Gasteiger partial charge in [0.1, 0.15) is 5.15 Å². The van der Waals surface area contributed by atoms with E-state index in [0.29, 0.717) is 10.2 Å². The molecule has 0 saturated heterocycles. The van der Waals surface area contributed by atoms with E-state index in [1.807, 2.05) is 30.5 Å². The summed E-state index contributed by atoms with van der Waals surface area (Å²) in [5.74, 6) is 4.43. The molecular weight excluding hydrogens is 395 g/mol. The second-order valence-corrected chi connectivity index (χ2v) is 7.14. The highest BCUT2D eigenvalue weighted by molar-refractivity contribution is 7.98. The molecule has 0 unspecified atom stereocenters. The summed E-state index contributed by atoms with van der Waals surface area (Å²) in [5.41, 5.74) is 1.43. The molecule has 1 aromatic carbocycles. The number of benzene rings is 1. The molecule has 25 heavy (non-hydrogen) atoms. The van der Waals surface area contributed by atoms with Crippen LogP contribution in [0.15, 0.2) is 34.3 Å². The van der Waals surface area contributed by atoms with Gasteiger partial charge in [-0.15, -0.1) is 22.0 Å². The molecule has 2 aromatic heterocycles. The van der Waals surface area contributed by atoms with Gasteiger partial charge in [-0.3, -0.25) is 0 Å². The minimum atomic E-state index is -4.66. The Balaban J connectivity index is 1.84. The fourth-order valence-corrected chi connectivity index (χ4v) is 3.66. The third-order valence-electron chi connectivity index (χ3n) is 3.33. The first-order chi connectivity index (χ1) is 11.8. The third kappa shape index (κ3) is 3.80. The molecule has 0 amide bonds. The molecule has 11 heteroatoms. The summed E-state index contributed by atoms with van der Waals surface area (Å²) in [5, 5.41) is 7.69. The van der Waals surface area contributed by atoms with Gasteiger partial charge in [-0.25, -0.2) is 9.66 Å². The van der Waals surface area contributed by atoms with Gasteiger partial charge in [0.15, 0.2) is 0 Å². The average Bonchev–Trinajstić information content (AvgIpc) is 2.93. The number of hydrogen-bond donors (Lipinski definition) is 1. The quantitative estimate of drug-likeness (QED) is 0.398. The fraction of sp³-hybridized carbons (Fsp3) is 0.214. The van der Waals surface area contributed by atoms with E-state index in [0.717, 1.165) is 27.6 Å². The van der Waals surface area contributed by atoms with Crippen molar-refractivity contribution in [3.63, 3.8) is 0 Å². The molecule has 5 nitrogen and oxygen atoms in total. The van der Waals surface area contributed by atoms with Crippen molar-refractivity contribution in [2.75, 3.05) is 12.1 Å². The van der Waals surface area contributed by atoms with Crippen LogP contribution in [0.2, 0.25) is 5.15 Å². The zero-order valence-electron chi connectivity index (χ0n) is 12.7. The van der Waals surface area contributed by atoms with E-state index in [9.17, 15) is 13.2 Å². The molecule has 0 aliphatic heterocycles. The zero-order chi connectivity index (χ0) is 18.2. The average molecular weight is 406 g/mol. The monoisotopic (exact) mass is 405 g/mol. The number of nitrogen functional groups attached to an aromatic ring is 1. The molecule has 2 heterocycles. The molecule has 0 aliphatic carbocycles. The number of hydrogen-bond acceptors (Lipinski definition) is 6. The lowest BCUT2D eigenvalue weighted by Crippen LogP contribution is -2.21. The molecule has 3 rings (SSSR count). The summed E-state index contributed by atoms with van der Waals surface area (Å²) < 4.78 is 38.5. The van der Waals surface area contributed by atoms with Crippen molar-refractivity contribution in [2.45, 2.75) is 22.0 Å². The van der Waals surface area contributed by atoms with Crippen LogP contribution < -0.4 is 5.84 Å². The molecule has 0 radical (unpaired) electrons. The lowest BCUT2D eigenvalue weighted by molar-refractivity contribution is -0.146. The van der Waals surface area contributed by atoms with Crippen molar-refractivity contribution in [1.82, 2.24) is 19.9 Å². The van der Waals surface area contributed by atoms with Gasteiger partial charge in [-0.2, -0.15) is 13.2 Å². The Morgan fingerprint density at radius 2 is 2.00 bits per heavy atom. The van der Waals surface area contributed by atoms with Gasteiger partial charge < -0.3 is 5.84 Å². The molecular formula is C14H11ClF3N5S2. The number of nitrogens with zero attached hydrogens (tertiary/aromatic N) is 4. The maximum atomic E-state index is 12.7. The van der Waals surface area contributed by atoms with Gasteiger partial charge in [0, 0.05) is 21.6 Å². The first-order valence-electron chi connectivity index (χ1n) is 6.83. The molecule has 0 spiro atoms. The topological polar surface area (TPSA) is 69.6 Å². The highest BCUT2D eigenvalue weighted by atomic mass is 35.5. The first kappa shape index (κ1) is 18.2. The normalized spacial score (nSPS) is 12.0. The maximum Gasteiger partial charge on any atom is 0.453 e. The van der Waals surface area contributed by atoms with E-state index < -0.39 is 12.0 Å². The van der Waals surface area contributed by atoms with Crippen LogP contribution in [0.25, 0.3) is 10.9 Å². The Bertz CT molecular complexity index is 929. The summed E-state index contributed by atoms with van der Waals surface area (Å²) >= 11 is 8.80. The van der Waals surface area contributed by atoms with Crippen LogP contribution in [0.4, 0.5) is 13.2 Å². The van der Waals surface area contributed by atoms with Gasteiger partial charge in [-0.1, -0.05) is 29.4 Å². The number of rotatable bonds is 4. The molecule has 0 bridgehead atoms. The largest absolute Gasteiger partial charge is 0.453 e. The van der Waals surface area contributed by atoms with E-state index in [4.69, 9.17) is 17.4 Å². The molecule has 132 valence electrons. The van der Waals surface area contributed by atoms with Gasteiger partial charge in [-0.05, 0) is 24.5 Å². The maximum absolute atomic E-state index is 12.7. The van der Waals surface area contributed by atoms with Crippen LogP contribution in [0, 0.1) is 0 Å². The lowest BCUT2D eigenvalue weighted by atomic mass is 10.2. The number of alkyl halides is 3. The first-order valence-corrected chi connectivity index (χ1v) is 9.42. The van der Waals surface area contributed by atoms with Crippen molar-refractivity contribution in [1.29, 1.82) is 0 Å². The Morgan fingerprint density at radius 3 is 2.64 bits per heavy atom. The Hall–Kier alpha value is -1.65. The van der Waals surface area contributed by atoms with Crippen LogP contribution >= 0.6 is 35.1 Å². The highest BCUT2D eigenvalue weighted by Gasteiger charge is 2.38. The summed E-state index contributed by atoms with van der Waals surface area (Å²) in [6.07, 6.45) is -2.69. The Morgan fingerprint density at radius 1 is 1.24 bits per heavy atom. The molecule has 2 N–H and O–H groups in total. The van der Waals surface area contributed by atoms with Gasteiger partial charge in [0.05, 0.1) is 5.52 Å². The van der Waals surface area contributed by atoms with Crippen molar-refractivity contribution in [2.24, 2.45) is 0 Å². The van der Waals surface area contributed by atoms with Gasteiger partial charge >= 0.3 is 6.18 Å². The molecule has 0 atom stereocenters. The lowest BCUT2D eigenvalue weighted by Gasteiger charge is -2.08. The van der Waals surface area contributed by atoms with Crippen molar-refractivity contribution in [3.8, 4) is 0 Å². The van der Waals surface area contributed by atoms with E-state index in [1.54, 1.807) is 11.8 Å². The Kier molecular flexibility index (Phi) is 5.03. The summed E-state index contributed by atoms with van der Waals surface area (Å²) in [7, 11) is 0. The van der Waals surface area contributed by atoms with E-state index in [-0.39, 0.29) is 16.1 Å². The van der Waals surface area contributed by atoms with Crippen LogP contribution in [0.3, 0.4) is 0 Å². The predicted molar refractivity (Wildman–Crippen MR) is 93.3 cm³/mol. The van der Waals surface area contributed by atoms with Crippen LogP contribution in [0.1, 0.15) is 11.4 Å². The van der Waals surface area contributed by atoms with E-state index in [1.165, 1.54) is 0 Å². The highest BCUT2D eigenvalue weighted by Crippen LogP contribution is 2.32. The second kappa shape index (κ2) is 6.93. The Labute approximate surface area is 154 Å². The van der Waals surface area contributed by atoms with Gasteiger partial charge in [0.25, 0.3) is 5.82 Å². The fourth-order valence-electron chi connectivity index (χ4n) is 2.11. The number of aromatic nitrogens is 4. The van der Waals surface area contributed by atoms with Crippen molar-refractivity contribution >= 4 is 46.0 Å². The zero-order valence-corrected chi connectivity index (χ0v) is 15.1. The van der Waals surface area contributed by atoms with E-state index in [2.05, 4.69) is 15.2 Å². The summed E-state index contributed by atoms with van der Waals surface area (Å²) in [6, 6.07) is 7.66. The van der Waals surface area contributed by atoms with Crippen LogP contribution in [-0.2, 0) is 11.9 Å². The number of thioether (sulfide) groups is 2. The molecule has 0 fully saturated rings. The van der Waals surface area contributed by atoms with Crippen molar-refractivity contribution < 1.29 is 13.2 Å². The minimum Gasteiger partial charge on any atom is -0.335 e. The minimum absolute atomic E-state index is 0.0544. The number of fused-ring (bicyclic) bond motifs is 1. The predicted octanol–water partition coefficient (Wildman–Crippen LogP) is 4.23. The molecule has 0 aliphatic rings. The van der Waals surface area contributed by atoms with Crippen LogP contribution in [0.5, 0.6) is 0 Å². The summed E-state index contributed by atoms with van der Waals surface area (Å²) in [4.78, 5) is 5.41. The smallest absolute Gasteiger partial charge is 0.335 e. The standard InChI is InChI=1S/C14H11ClF3N5S2/c1-24-9-3-2-7-4-8(11(15)20-10(7)5-9)6-25-13-22-21-12(23(13)19)14(16,17)18/h2-5H,6,19H2,1H3. The second-order valence-electron chi connectivity index (χ2n) is 4.96. The SMILES string of the molecule is CSc1ccc2cc(CSc3nnc(C(F)(F)F)n3N)c(Cl)nc2c1. The molecule has 0 saturated carbocycles. The third-order valence-corrected chi connectivity index (χ3v) is 5.37. The number of nitrogens with two attached hydrogens (primary N) is 1. The van der Waals surface area contributed by atoms with Crippen molar-refractivity contribution in [3.05, 3.63) is 40.8 Å². The van der Waals surface area contributed by atoms with Crippen LogP contribution in [-0.4, -0.2) is 26.1 Å². The number of pyridine rings is 1. The number of halogens is 4. The molecule has 3 aromatic rings.